The Morgan fingerprint density at radius 1 is 1.26 bits per heavy atom. The topological polar surface area (TPSA) is 69.6 Å². The average molecular weight is 272 g/mol. The first-order valence-corrected chi connectivity index (χ1v) is 7.07. The van der Waals surface area contributed by atoms with Crippen LogP contribution in [0.25, 0.3) is 0 Å². The summed E-state index contributed by atoms with van der Waals surface area (Å²) in [5, 5.41) is 11.6. The molecule has 0 saturated heterocycles. The van der Waals surface area contributed by atoms with E-state index in [1.807, 2.05) is 20.9 Å². The van der Waals surface area contributed by atoms with E-state index < -0.39 is 12.0 Å². The lowest BCUT2D eigenvalue weighted by Gasteiger charge is -2.19. The standard InChI is InChI=1S/C14H28N2O3/c1-5-6-8-16(4)9-7-13(17)15-12(14(18)19)10-11(2)3/h11-12H,5-10H2,1-4H3,(H,15,17)(H,18,19). The predicted molar refractivity (Wildman–Crippen MR) is 76.0 cm³/mol. The number of amides is 1. The number of hydrogen-bond acceptors (Lipinski definition) is 3. The van der Waals surface area contributed by atoms with E-state index in [2.05, 4.69) is 17.1 Å². The maximum absolute atomic E-state index is 11.7. The van der Waals surface area contributed by atoms with E-state index in [1.54, 1.807) is 0 Å². The summed E-state index contributed by atoms with van der Waals surface area (Å²) in [5.74, 6) is -0.897. The molecule has 2 N–H and O–H groups in total. The molecule has 0 saturated carbocycles. The van der Waals surface area contributed by atoms with E-state index >= 15 is 0 Å². The maximum Gasteiger partial charge on any atom is 0.326 e. The molecule has 0 aromatic heterocycles. The lowest BCUT2D eigenvalue weighted by Crippen LogP contribution is -2.42. The molecule has 0 heterocycles. The highest BCUT2D eigenvalue weighted by Gasteiger charge is 2.20. The van der Waals surface area contributed by atoms with Gasteiger partial charge < -0.3 is 15.3 Å². The molecule has 1 amide bonds. The van der Waals surface area contributed by atoms with E-state index in [4.69, 9.17) is 5.11 Å². The molecule has 0 bridgehead atoms. The van der Waals surface area contributed by atoms with Crippen LogP contribution in [0.15, 0.2) is 0 Å². The molecule has 5 heteroatoms. The van der Waals surface area contributed by atoms with Crippen LogP contribution in [0, 0.1) is 5.92 Å². The molecule has 0 aromatic rings. The number of nitrogens with one attached hydrogen (secondary N) is 1. The normalized spacial score (nSPS) is 12.7. The Kier molecular flexibility index (Phi) is 9.21. The van der Waals surface area contributed by atoms with Crippen molar-refractivity contribution in [1.82, 2.24) is 10.2 Å². The van der Waals surface area contributed by atoms with Gasteiger partial charge in [-0.25, -0.2) is 4.79 Å². The van der Waals surface area contributed by atoms with Gasteiger partial charge in [0.15, 0.2) is 0 Å². The molecule has 0 aliphatic heterocycles. The second kappa shape index (κ2) is 9.78. The number of carboxylic acid groups (broad SMARTS) is 1. The van der Waals surface area contributed by atoms with Gasteiger partial charge in [-0.2, -0.15) is 0 Å². The fraction of sp³-hybridized carbons (Fsp3) is 0.857. The first-order chi connectivity index (χ1) is 8.86. The van der Waals surface area contributed by atoms with Crippen LogP contribution in [-0.2, 0) is 9.59 Å². The Morgan fingerprint density at radius 3 is 2.37 bits per heavy atom. The van der Waals surface area contributed by atoms with Crippen LogP contribution in [0.2, 0.25) is 0 Å². The SMILES string of the molecule is CCCCN(C)CCC(=O)NC(CC(C)C)C(=O)O. The highest BCUT2D eigenvalue weighted by atomic mass is 16.4. The fourth-order valence-corrected chi connectivity index (χ4v) is 1.79. The summed E-state index contributed by atoms with van der Waals surface area (Å²) in [5.41, 5.74) is 0. The second-order valence-corrected chi connectivity index (χ2v) is 5.49. The van der Waals surface area contributed by atoms with Gasteiger partial charge in [-0.3, -0.25) is 4.79 Å². The molecule has 0 aliphatic carbocycles. The number of aliphatic carboxylic acids is 1. The Morgan fingerprint density at radius 2 is 1.89 bits per heavy atom. The monoisotopic (exact) mass is 272 g/mol. The number of hydrogen-bond donors (Lipinski definition) is 2. The summed E-state index contributed by atoms with van der Waals surface area (Å²) >= 11 is 0. The second-order valence-electron chi connectivity index (χ2n) is 5.49. The highest BCUT2D eigenvalue weighted by molar-refractivity contribution is 5.83. The highest BCUT2D eigenvalue weighted by Crippen LogP contribution is 2.05. The minimum Gasteiger partial charge on any atom is -0.480 e. The minimum absolute atomic E-state index is 0.184. The van der Waals surface area contributed by atoms with E-state index in [0.29, 0.717) is 19.4 Å². The number of carbonyl (C=O) groups is 2. The third kappa shape index (κ3) is 9.47. The molecule has 0 fully saturated rings. The van der Waals surface area contributed by atoms with Crippen molar-refractivity contribution in [3.8, 4) is 0 Å². The van der Waals surface area contributed by atoms with E-state index in [9.17, 15) is 9.59 Å². The number of rotatable bonds is 10. The van der Waals surface area contributed by atoms with Crippen molar-refractivity contribution in [3.63, 3.8) is 0 Å². The van der Waals surface area contributed by atoms with Gasteiger partial charge in [0.2, 0.25) is 5.91 Å². The zero-order valence-electron chi connectivity index (χ0n) is 12.6. The van der Waals surface area contributed by atoms with Crippen LogP contribution in [0.5, 0.6) is 0 Å². The van der Waals surface area contributed by atoms with Crippen molar-refractivity contribution in [2.45, 2.75) is 52.5 Å². The van der Waals surface area contributed by atoms with Crippen molar-refractivity contribution < 1.29 is 14.7 Å². The molecular weight excluding hydrogens is 244 g/mol. The van der Waals surface area contributed by atoms with Crippen molar-refractivity contribution in [1.29, 1.82) is 0 Å². The smallest absolute Gasteiger partial charge is 0.326 e. The molecule has 0 rings (SSSR count). The largest absolute Gasteiger partial charge is 0.480 e. The molecule has 0 spiro atoms. The van der Waals surface area contributed by atoms with Crippen LogP contribution >= 0.6 is 0 Å². The van der Waals surface area contributed by atoms with Crippen molar-refractivity contribution in [2.75, 3.05) is 20.1 Å². The summed E-state index contributed by atoms with van der Waals surface area (Å²) in [6, 6.07) is -0.770. The van der Waals surface area contributed by atoms with Gasteiger partial charge in [0.05, 0.1) is 0 Å². The third-order valence-corrected chi connectivity index (χ3v) is 2.95. The summed E-state index contributed by atoms with van der Waals surface area (Å²) in [6.45, 7) is 7.66. The van der Waals surface area contributed by atoms with Crippen LogP contribution in [0.1, 0.15) is 46.5 Å². The molecule has 0 aliphatic rings. The van der Waals surface area contributed by atoms with Crippen molar-refractivity contribution >= 4 is 11.9 Å². The molecule has 0 radical (unpaired) electrons. The Balaban J connectivity index is 4.02. The van der Waals surface area contributed by atoms with E-state index in [1.165, 1.54) is 0 Å². The van der Waals surface area contributed by atoms with Gasteiger partial charge >= 0.3 is 5.97 Å². The summed E-state index contributed by atoms with van der Waals surface area (Å²) in [7, 11) is 1.98. The molecule has 5 nitrogen and oxygen atoms in total. The van der Waals surface area contributed by atoms with Gasteiger partial charge in [0.1, 0.15) is 6.04 Å². The predicted octanol–water partition coefficient (Wildman–Crippen LogP) is 1.72. The van der Waals surface area contributed by atoms with Crippen LogP contribution in [-0.4, -0.2) is 48.1 Å². The summed E-state index contributed by atoms with van der Waals surface area (Å²) < 4.78 is 0. The molecule has 19 heavy (non-hydrogen) atoms. The van der Waals surface area contributed by atoms with Crippen molar-refractivity contribution in [2.24, 2.45) is 5.92 Å². The van der Waals surface area contributed by atoms with Gasteiger partial charge in [-0.15, -0.1) is 0 Å². The lowest BCUT2D eigenvalue weighted by molar-refractivity contribution is -0.142. The molecule has 1 unspecified atom stereocenters. The fourth-order valence-electron chi connectivity index (χ4n) is 1.79. The summed E-state index contributed by atoms with van der Waals surface area (Å²) in [6.07, 6.45) is 3.06. The lowest BCUT2D eigenvalue weighted by atomic mass is 10.0. The van der Waals surface area contributed by atoms with Crippen LogP contribution < -0.4 is 5.32 Å². The Bertz CT molecular complexity index is 280. The summed E-state index contributed by atoms with van der Waals surface area (Å²) in [4.78, 5) is 24.8. The van der Waals surface area contributed by atoms with Gasteiger partial charge in [-0.05, 0) is 32.4 Å². The van der Waals surface area contributed by atoms with Gasteiger partial charge in [-0.1, -0.05) is 27.2 Å². The number of carbonyl (C=O) groups excluding carboxylic acids is 1. The average Bonchev–Trinajstić information content (AvgIpc) is 2.32. The number of nitrogens with zero attached hydrogens (tertiary/aromatic N) is 1. The van der Waals surface area contributed by atoms with Gasteiger partial charge in [0, 0.05) is 13.0 Å². The molecule has 112 valence electrons. The minimum atomic E-state index is -0.957. The quantitative estimate of drug-likeness (QED) is 0.635. The van der Waals surface area contributed by atoms with Gasteiger partial charge in [0.25, 0.3) is 0 Å². The number of unbranched alkanes of at least 4 members (excludes halogenated alkanes) is 1. The molecule has 0 aromatic carbocycles. The first-order valence-electron chi connectivity index (χ1n) is 7.07. The molecule has 1 atom stereocenters. The van der Waals surface area contributed by atoms with E-state index in [-0.39, 0.29) is 11.8 Å². The van der Waals surface area contributed by atoms with E-state index in [0.717, 1.165) is 19.4 Å². The zero-order valence-corrected chi connectivity index (χ0v) is 12.6. The van der Waals surface area contributed by atoms with Crippen molar-refractivity contribution in [3.05, 3.63) is 0 Å². The maximum atomic E-state index is 11.7. The first kappa shape index (κ1) is 17.9. The van der Waals surface area contributed by atoms with Crippen LogP contribution in [0.3, 0.4) is 0 Å². The molecular formula is C14H28N2O3. The number of carboxylic acids is 1. The van der Waals surface area contributed by atoms with Crippen LogP contribution in [0.4, 0.5) is 0 Å². The Hall–Kier alpha value is -1.10. The Labute approximate surface area is 116 Å². The third-order valence-electron chi connectivity index (χ3n) is 2.95. The zero-order chi connectivity index (χ0) is 14.8.